The van der Waals surface area contributed by atoms with Gasteiger partial charge in [-0.1, -0.05) is 18.2 Å². The molecule has 5 heteroatoms. The third kappa shape index (κ3) is 2.89. The minimum Gasteiger partial charge on any atom is -0.480 e. The van der Waals surface area contributed by atoms with Crippen LogP contribution in [0.15, 0.2) is 24.3 Å². The molecule has 3 rings (SSSR count). The molecule has 3 atom stereocenters. The van der Waals surface area contributed by atoms with Crippen LogP contribution in [0.3, 0.4) is 0 Å². The molecule has 21 heavy (non-hydrogen) atoms. The number of benzene rings is 1. The summed E-state index contributed by atoms with van der Waals surface area (Å²) >= 11 is 0. The van der Waals surface area contributed by atoms with Gasteiger partial charge in [-0.15, -0.1) is 0 Å². The highest BCUT2D eigenvalue weighted by atomic mass is 16.5. The Bertz CT molecular complexity index is 507. The first kappa shape index (κ1) is 14.4. The molecule has 114 valence electrons. The molecule has 1 saturated heterocycles. The number of carbonyl (C=O) groups is 1. The van der Waals surface area contributed by atoms with Gasteiger partial charge in [0.15, 0.2) is 6.10 Å². The molecule has 0 radical (unpaired) electrons. The maximum atomic E-state index is 12.7. The molecule has 0 aromatic heterocycles. The van der Waals surface area contributed by atoms with Crippen LogP contribution in [0.1, 0.15) is 12.0 Å². The van der Waals surface area contributed by atoms with Crippen molar-refractivity contribution in [2.24, 2.45) is 0 Å². The number of hydrogen-bond donors (Lipinski definition) is 1. The van der Waals surface area contributed by atoms with Crippen LogP contribution in [0.2, 0.25) is 0 Å². The first-order valence-electron chi connectivity index (χ1n) is 7.42. The van der Waals surface area contributed by atoms with E-state index in [4.69, 9.17) is 4.74 Å². The van der Waals surface area contributed by atoms with Crippen molar-refractivity contribution in [1.29, 1.82) is 0 Å². The van der Waals surface area contributed by atoms with Gasteiger partial charge in [0.1, 0.15) is 5.75 Å². The van der Waals surface area contributed by atoms with E-state index in [0.29, 0.717) is 19.4 Å². The predicted octanol–water partition coefficient (Wildman–Crippen LogP) is 0.514. The highest BCUT2D eigenvalue weighted by Crippen LogP contribution is 2.30. The standard InChI is InChI=1S/C16H22N2O3/c1-17(2)9-12-8-13(19)10-18(12)16(20)15-7-11-5-3-4-6-14(11)21-15/h3-6,12-13,15,19H,7-10H2,1-2H3. The lowest BCUT2D eigenvalue weighted by Gasteiger charge is -2.28. The molecule has 0 aliphatic carbocycles. The number of β-amino-alcohol motifs (C(OH)–C–C–N with tert-alkyl or cyclic N) is 1. The summed E-state index contributed by atoms with van der Waals surface area (Å²) in [6.07, 6.45) is 0.389. The molecule has 1 aromatic carbocycles. The Labute approximate surface area is 125 Å². The highest BCUT2D eigenvalue weighted by Gasteiger charge is 2.40. The number of amides is 1. The lowest BCUT2D eigenvalue weighted by molar-refractivity contribution is -0.139. The van der Waals surface area contributed by atoms with Gasteiger partial charge in [0.2, 0.25) is 0 Å². The predicted molar refractivity (Wildman–Crippen MR) is 79.2 cm³/mol. The number of rotatable bonds is 3. The first-order chi connectivity index (χ1) is 10.0. The monoisotopic (exact) mass is 290 g/mol. The molecule has 2 aliphatic rings. The van der Waals surface area contributed by atoms with Crippen LogP contribution in [0, 0.1) is 0 Å². The normalized spacial score (nSPS) is 27.8. The Hall–Kier alpha value is -1.59. The third-order valence-corrected chi connectivity index (χ3v) is 4.17. The van der Waals surface area contributed by atoms with Crippen molar-refractivity contribution >= 4 is 5.91 Å². The summed E-state index contributed by atoms with van der Waals surface area (Å²) in [5, 5.41) is 9.89. The number of likely N-dealkylation sites (tertiary alicyclic amines) is 1. The van der Waals surface area contributed by atoms with E-state index in [1.54, 1.807) is 4.90 Å². The van der Waals surface area contributed by atoms with E-state index >= 15 is 0 Å². The van der Waals surface area contributed by atoms with Gasteiger partial charge in [0.25, 0.3) is 5.91 Å². The van der Waals surface area contributed by atoms with Crippen LogP contribution in [-0.4, -0.2) is 66.2 Å². The molecule has 2 heterocycles. The molecule has 1 amide bonds. The fourth-order valence-corrected chi connectivity index (χ4v) is 3.26. The largest absolute Gasteiger partial charge is 0.480 e. The summed E-state index contributed by atoms with van der Waals surface area (Å²) in [4.78, 5) is 16.6. The van der Waals surface area contributed by atoms with Crippen LogP contribution in [0.5, 0.6) is 5.75 Å². The minimum absolute atomic E-state index is 0.00500. The van der Waals surface area contributed by atoms with Crippen LogP contribution in [0.4, 0.5) is 0 Å². The third-order valence-electron chi connectivity index (χ3n) is 4.17. The SMILES string of the molecule is CN(C)CC1CC(O)CN1C(=O)C1Cc2ccccc2O1. The highest BCUT2D eigenvalue weighted by molar-refractivity contribution is 5.83. The van der Waals surface area contributed by atoms with Gasteiger partial charge >= 0.3 is 0 Å². The van der Waals surface area contributed by atoms with Gasteiger partial charge in [0.05, 0.1) is 6.10 Å². The Morgan fingerprint density at radius 1 is 1.43 bits per heavy atom. The average Bonchev–Trinajstić information content (AvgIpc) is 3.00. The summed E-state index contributed by atoms with van der Waals surface area (Å²) in [6.45, 7) is 1.18. The summed E-state index contributed by atoms with van der Waals surface area (Å²) in [5.41, 5.74) is 1.08. The number of hydrogen-bond acceptors (Lipinski definition) is 4. The van der Waals surface area contributed by atoms with E-state index < -0.39 is 12.2 Å². The molecule has 0 bridgehead atoms. The zero-order chi connectivity index (χ0) is 15.0. The van der Waals surface area contributed by atoms with Crippen LogP contribution >= 0.6 is 0 Å². The van der Waals surface area contributed by atoms with E-state index in [1.165, 1.54) is 0 Å². The van der Waals surface area contributed by atoms with Crippen molar-refractivity contribution in [3.63, 3.8) is 0 Å². The Morgan fingerprint density at radius 3 is 2.90 bits per heavy atom. The number of carbonyl (C=O) groups excluding carboxylic acids is 1. The van der Waals surface area contributed by atoms with Crippen molar-refractivity contribution < 1.29 is 14.6 Å². The van der Waals surface area contributed by atoms with Gasteiger partial charge < -0.3 is 19.6 Å². The number of aliphatic hydroxyl groups excluding tert-OH is 1. The van der Waals surface area contributed by atoms with Gasteiger partial charge in [-0.05, 0) is 32.1 Å². The number of likely N-dealkylation sites (N-methyl/N-ethyl adjacent to an activating group) is 1. The summed E-state index contributed by atoms with van der Waals surface area (Å²) in [7, 11) is 3.96. The number of para-hydroxylation sites is 1. The molecule has 5 nitrogen and oxygen atoms in total. The lowest BCUT2D eigenvalue weighted by atomic mass is 10.1. The molecule has 0 spiro atoms. The molecule has 1 aromatic rings. The lowest BCUT2D eigenvalue weighted by Crippen LogP contribution is -2.47. The smallest absolute Gasteiger partial charge is 0.264 e. The second-order valence-corrected chi connectivity index (χ2v) is 6.21. The van der Waals surface area contributed by atoms with Crippen molar-refractivity contribution in [1.82, 2.24) is 9.80 Å². The number of ether oxygens (including phenoxy) is 1. The quantitative estimate of drug-likeness (QED) is 0.881. The Kier molecular flexibility index (Phi) is 3.87. The van der Waals surface area contributed by atoms with Gasteiger partial charge in [-0.25, -0.2) is 0 Å². The fourth-order valence-electron chi connectivity index (χ4n) is 3.26. The fraction of sp³-hybridized carbons (Fsp3) is 0.562. The van der Waals surface area contributed by atoms with Crippen molar-refractivity contribution in [2.45, 2.75) is 31.1 Å². The number of fused-ring (bicyclic) bond motifs is 1. The van der Waals surface area contributed by atoms with Crippen molar-refractivity contribution in [3.05, 3.63) is 29.8 Å². The second kappa shape index (κ2) is 5.66. The zero-order valence-corrected chi connectivity index (χ0v) is 12.5. The van der Waals surface area contributed by atoms with Gasteiger partial charge in [0, 0.05) is 25.6 Å². The Balaban J connectivity index is 1.70. The molecule has 2 aliphatic heterocycles. The van der Waals surface area contributed by atoms with E-state index in [9.17, 15) is 9.90 Å². The molecular weight excluding hydrogens is 268 g/mol. The number of nitrogens with zero attached hydrogens (tertiary/aromatic N) is 2. The molecule has 1 fully saturated rings. The average molecular weight is 290 g/mol. The van der Waals surface area contributed by atoms with E-state index in [-0.39, 0.29) is 11.9 Å². The minimum atomic E-state index is -0.447. The topological polar surface area (TPSA) is 53.0 Å². The maximum Gasteiger partial charge on any atom is 0.264 e. The maximum absolute atomic E-state index is 12.7. The Morgan fingerprint density at radius 2 is 2.19 bits per heavy atom. The van der Waals surface area contributed by atoms with Crippen molar-refractivity contribution in [3.8, 4) is 5.75 Å². The van der Waals surface area contributed by atoms with Crippen LogP contribution in [-0.2, 0) is 11.2 Å². The zero-order valence-electron chi connectivity index (χ0n) is 12.5. The summed E-state index contributed by atoms with van der Waals surface area (Å²) in [6, 6.07) is 7.84. The van der Waals surface area contributed by atoms with Gasteiger partial charge in [-0.2, -0.15) is 0 Å². The first-order valence-corrected chi connectivity index (χ1v) is 7.42. The molecular formula is C16H22N2O3. The summed E-state index contributed by atoms with van der Waals surface area (Å²) < 4.78 is 5.78. The van der Waals surface area contributed by atoms with Gasteiger partial charge in [-0.3, -0.25) is 4.79 Å². The molecule has 1 N–H and O–H groups in total. The second-order valence-electron chi connectivity index (χ2n) is 6.21. The van der Waals surface area contributed by atoms with E-state index in [2.05, 4.69) is 0 Å². The van der Waals surface area contributed by atoms with Crippen LogP contribution in [0.25, 0.3) is 0 Å². The van der Waals surface area contributed by atoms with E-state index in [1.807, 2.05) is 43.3 Å². The van der Waals surface area contributed by atoms with E-state index in [0.717, 1.165) is 17.9 Å². The van der Waals surface area contributed by atoms with Crippen LogP contribution < -0.4 is 4.74 Å². The number of aliphatic hydroxyl groups is 1. The molecule has 3 unspecified atom stereocenters. The van der Waals surface area contributed by atoms with Crippen molar-refractivity contribution in [2.75, 3.05) is 27.2 Å². The summed E-state index contributed by atoms with van der Waals surface area (Å²) in [5.74, 6) is 0.800. The molecule has 0 saturated carbocycles.